The van der Waals surface area contributed by atoms with Crippen LogP contribution >= 0.6 is 22.7 Å². The van der Waals surface area contributed by atoms with Crippen molar-refractivity contribution in [3.05, 3.63) is 51.2 Å². The van der Waals surface area contributed by atoms with Gasteiger partial charge < -0.3 is 5.73 Å². The molecule has 0 aliphatic rings. The molecule has 0 amide bonds. The highest BCUT2D eigenvalue weighted by Crippen LogP contribution is 2.28. The molecule has 0 saturated heterocycles. The quantitative estimate of drug-likeness (QED) is 0.783. The number of benzene rings is 1. The summed E-state index contributed by atoms with van der Waals surface area (Å²) in [6.45, 7) is 2.18. The third-order valence-corrected chi connectivity index (χ3v) is 5.55. The van der Waals surface area contributed by atoms with Crippen LogP contribution in [0.2, 0.25) is 0 Å². The second-order valence-corrected chi connectivity index (χ2v) is 6.86. The van der Waals surface area contributed by atoms with E-state index in [1.54, 1.807) is 11.3 Å². The number of aromatic nitrogens is 1. The van der Waals surface area contributed by atoms with Crippen LogP contribution in [-0.4, -0.2) is 4.98 Å². The lowest BCUT2D eigenvalue weighted by Crippen LogP contribution is -2.11. The molecule has 98 valence electrons. The zero-order valence-electron chi connectivity index (χ0n) is 10.8. The van der Waals surface area contributed by atoms with Gasteiger partial charge in [0.15, 0.2) is 0 Å². The molecule has 0 bridgehead atoms. The standard InChI is InChI=1S/C15H16N2S2/c1-2-10-7-8-13(18-10)11(16)9-15-17-12-5-3-4-6-14(12)19-15/h3-8,11H,2,9,16H2,1H3. The van der Waals surface area contributed by atoms with Gasteiger partial charge in [0.05, 0.1) is 15.2 Å². The largest absolute Gasteiger partial charge is 0.323 e. The second kappa shape index (κ2) is 5.41. The molecule has 3 aromatic rings. The van der Waals surface area contributed by atoms with Crippen molar-refractivity contribution < 1.29 is 0 Å². The van der Waals surface area contributed by atoms with Crippen LogP contribution in [0.25, 0.3) is 10.2 Å². The monoisotopic (exact) mass is 288 g/mol. The summed E-state index contributed by atoms with van der Waals surface area (Å²) in [5, 5.41) is 1.13. The summed E-state index contributed by atoms with van der Waals surface area (Å²) < 4.78 is 1.24. The normalized spacial score (nSPS) is 12.9. The van der Waals surface area contributed by atoms with Gasteiger partial charge in [-0.05, 0) is 30.7 Å². The Labute approximate surface area is 120 Å². The van der Waals surface area contributed by atoms with Crippen LogP contribution in [0, 0.1) is 0 Å². The number of thiophene rings is 1. The predicted octanol–water partition coefficient (Wildman–Crippen LogP) is 4.16. The Balaban J connectivity index is 1.80. The summed E-state index contributed by atoms with van der Waals surface area (Å²) >= 11 is 3.57. The smallest absolute Gasteiger partial charge is 0.0957 e. The van der Waals surface area contributed by atoms with Crippen molar-refractivity contribution in [2.24, 2.45) is 5.73 Å². The van der Waals surface area contributed by atoms with E-state index in [-0.39, 0.29) is 6.04 Å². The topological polar surface area (TPSA) is 38.9 Å². The molecule has 1 atom stereocenters. The van der Waals surface area contributed by atoms with E-state index in [1.165, 1.54) is 14.5 Å². The summed E-state index contributed by atoms with van der Waals surface area (Å²) in [4.78, 5) is 7.31. The molecule has 1 unspecified atom stereocenters. The molecule has 0 aliphatic heterocycles. The summed E-state index contributed by atoms with van der Waals surface area (Å²) in [7, 11) is 0. The van der Waals surface area contributed by atoms with E-state index < -0.39 is 0 Å². The van der Waals surface area contributed by atoms with Crippen molar-refractivity contribution in [3.8, 4) is 0 Å². The summed E-state index contributed by atoms with van der Waals surface area (Å²) in [5.41, 5.74) is 7.37. The molecular weight excluding hydrogens is 272 g/mol. The highest BCUT2D eigenvalue weighted by molar-refractivity contribution is 7.18. The van der Waals surface area contributed by atoms with Gasteiger partial charge in [0.2, 0.25) is 0 Å². The van der Waals surface area contributed by atoms with E-state index in [4.69, 9.17) is 5.73 Å². The molecule has 19 heavy (non-hydrogen) atoms. The van der Waals surface area contributed by atoms with Gasteiger partial charge >= 0.3 is 0 Å². The summed E-state index contributed by atoms with van der Waals surface area (Å²) in [5.74, 6) is 0. The van der Waals surface area contributed by atoms with Crippen molar-refractivity contribution >= 4 is 32.9 Å². The molecule has 4 heteroatoms. The minimum Gasteiger partial charge on any atom is -0.323 e. The lowest BCUT2D eigenvalue weighted by atomic mass is 10.2. The number of rotatable bonds is 4. The van der Waals surface area contributed by atoms with E-state index in [9.17, 15) is 0 Å². The van der Waals surface area contributed by atoms with Gasteiger partial charge in [-0.1, -0.05) is 19.1 Å². The molecular formula is C15H16N2S2. The van der Waals surface area contributed by atoms with E-state index in [0.29, 0.717) is 0 Å². The van der Waals surface area contributed by atoms with Gasteiger partial charge in [-0.25, -0.2) is 4.98 Å². The fourth-order valence-electron chi connectivity index (χ4n) is 2.08. The Morgan fingerprint density at radius 1 is 1.16 bits per heavy atom. The van der Waals surface area contributed by atoms with Gasteiger partial charge in [-0.2, -0.15) is 0 Å². The third-order valence-electron chi connectivity index (χ3n) is 3.13. The van der Waals surface area contributed by atoms with Gasteiger partial charge in [-0.15, -0.1) is 22.7 Å². The van der Waals surface area contributed by atoms with Gasteiger partial charge in [0.25, 0.3) is 0 Å². The van der Waals surface area contributed by atoms with Crippen molar-refractivity contribution in [1.82, 2.24) is 4.98 Å². The molecule has 0 saturated carbocycles. The van der Waals surface area contributed by atoms with Gasteiger partial charge in [0.1, 0.15) is 0 Å². The van der Waals surface area contributed by atoms with Crippen LogP contribution in [0.5, 0.6) is 0 Å². The Bertz CT molecular complexity index is 651. The van der Waals surface area contributed by atoms with Crippen LogP contribution in [0.4, 0.5) is 0 Å². The second-order valence-electron chi connectivity index (χ2n) is 4.54. The number of fused-ring (bicyclic) bond motifs is 1. The molecule has 2 N–H and O–H groups in total. The zero-order valence-corrected chi connectivity index (χ0v) is 12.4. The first-order chi connectivity index (χ1) is 9.26. The van der Waals surface area contributed by atoms with E-state index in [2.05, 4.69) is 42.2 Å². The maximum absolute atomic E-state index is 6.29. The average molecular weight is 288 g/mol. The van der Waals surface area contributed by atoms with Crippen LogP contribution in [-0.2, 0) is 12.8 Å². The Morgan fingerprint density at radius 2 is 2.00 bits per heavy atom. The molecule has 3 rings (SSSR count). The number of nitrogens with two attached hydrogens (primary N) is 1. The molecule has 2 heterocycles. The van der Waals surface area contributed by atoms with Crippen molar-refractivity contribution in [3.63, 3.8) is 0 Å². The Kier molecular flexibility index (Phi) is 3.64. The molecule has 0 aliphatic carbocycles. The number of hydrogen-bond acceptors (Lipinski definition) is 4. The average Bonchev–Trinajstić information content (AvgIpc) is 3.04. The fourth-order valence-corrected chi connectivity index (χ4v) is 4.06. The van der Waals surface area contributed by atoms with Crippen LogP contribution < -0.4 is 5.73 Å². The van der Waals surface area contributed by atoms with Crippen LogP contribution in [0.3, 0.4) is 0 Å². The lowest BCUT2D eigenvalue weighted by Gasteiger charge is -2.06. The van der Waals surface area contributed by atoms with E-state index in [0.717, 1.165) is 23.4 Å². The van der Waals surface area contributed by atoms with Crippen molar-refractivity contribution in [1.29, 1.82) is 0 Å². The molecule has 1 aromatic carbocycles. The number of nitrogens with zero attached hydrogens (tertiary/aromatic N) is 1. The molecule has 0 radical (unpaired) electrons. The molecule has 2 nitrogen and oxygen atoms in total. The first-order valence-electron chi connectivity index (χ1n) is 6.45. The van der Waals surface area contributed by atoms with Gasteiger partial charge in [0, 0.05) is 22.2 Å². The van der Waals surface area contributed by atoms with E-state index in [1.807, 2.05) is 17.4 Å². The Morgan fingerprint density at radius 3 is 2.74 bits per heavy atom. The maximum atomic E-state index is 6.29. The SMILES string of the molecule is CCc1ccc(C(N)Cc2nc3ccccc3s2)s1. The number of aryl methyl sites for hydroxylation is 1. The molecule has 0 spiro atoms. The summed E-state index contributed by atoms with van der Waals surface area (Å²) in [6.07, 6.45) is 1.90. The van der Waals surface area contributed by atoms with Crippen molar-refractivity contribution in [2.75, 3.05) is 0 Å². The number of para-hydroxylation sites is 1. The van der Waals surface area contributed by atoms with Crippen LogP contribution in [0.15, 0.2) is 36.4 Å². The van der Waals surface area contributed by atoms with Gasteiger partial charge in [-0.3, -0.25) is 0 Å². The lowest BCUT2D eigenvalue weighted by molar-refractivity contribution is 0.733. The zero-order chi connectivity index (χ0) is 13.2. The third kappa shape index (κ3) is 2.71. The highest BCUT2D eigenvalue weighted by atomic mass is 32.1. The first kappa shape index (κ1) is 12.8. The van der Waals surface area contributed by atoms with E-state index >= 15 is 0 Å². The first-order valence-corrected chi connectivity index (χ1v) is 8.08. The Hall–Kier alpha value is -1.23. The molecule has 2 aromatic heterocycles. The highest BCUT2D eigenvalue weighted by Gasteiger charge is 2.12. The number of hydrogen-bond donors (Lipinski definition) is 1. The predicted molar refractivity (Wildman–Crippen MR) is 83.9 cm³/mol. The molecule has 0 fully saturated rings. The van der Waals surface area contributed by atoms with Crippen molar-refractivity contribution in [2.45, 2.75) is 25.8 Å². The van der Waals surface area contributed by atoms with Crippen LogP contribution in [0.1, 0.15) is 27.7 Å². The summed E-state index contributed by atoms with van der Waals surface area (Å²) in [6, 6.07) is 12.6. The fraction of sp³-hybridized carbons (Fsp3) is 0.267. The number of thiazole rings is 1. The minimum absolute atomic E-state index is 0.0610. The minimum atomic E-state index is 0.0610. The maximum Gasteiger partial charge on any atom is 0.0957 e.